The van der Waals surface area contributed by atoms with Crippen LogP contribution in [0.5, 0.6) is 0 Å². The molecule has 1 aliphatic rings. The first kappa shape index (κ1) is 15.4. The Morgan fingerprint density at radius 2 is 2.25 bits per heavy atom. The molecule has 0 spiro atoms. The number of carbonyl (C=O) groups is 2. The molecule has 110 valence electrons. The topological polar surface area (TPSA) is 75.4 Å². The van der Waals surface area contributed by atoms with Gasteiger partial charge < -0.3 is 5.73 Å². The van der Waals surface area contributed by atoms with Crippen LogP contribution in [0.25, 0.3) is 0 Å². The van der Waals surface area contributed by atoms with Gasteiger partial charge in [-0.1, -0.05) is 18.5 Å². The number of halogens is 1. The van der Waals surface area contributed by atoms with Crippen molar-refractivity contribution in [2.45, 2.75) is 38.4 Å². The summed E-state index contributed by atoms with van der Waals surface area (Å²) in [7, 11) is 0. The van der Waals surface area contributed by atoms with Crippen LogP contribution in [0.1, 0.15) is 31.2 Å². The maximum Gasteiger partial charge on any atom is 0.243 e. The van der Waals surface area contributed by atoms with Gasteiger partial charge in [0.2, 0.25) is 11.8 Å². The molecule has 1 aliphatic heterocycles. The lowest BCUT2D eigenvalue weighted by Crippen LogP contribution is -2.60. The quantitative estimate of drug-likeness (QED) is 0.826. The summed E-state index contributed by atoms with van der Waals surface area (Å²) in [4.78, 5) is 26.5. The number of nitrogens with zero attached hydrogens (tertiary/aromatic N) is 1. The van der Waals surface area contributed by atoms with Gasteiger partial charge in [0.1, 0.15) is 0 Å². The van der Waals surface area contributed by atoms with E-state index in [1.165, 1.54) is 11.3 Å². The van der Waals surface area contributed by atoms with Crippen LogP contribution in [-0.2, 0) is 9.59 Å². The summed E-state index contributed by atoms with van der Waals surface area (Å²) in [5.74, 6) is -0.537. The second-order valence-corrected chi connectivity index (χ2v) is 6.70. The normalized spacial score (nSPS) is 23.5. The molecular formula is C13H18ClN3O2S. The lowest BCUT2D eigenvalue weighted by atomic mass is 10.0. The van der Waals surface area contributed by atoms with E-state index >= 15 is 0 Å². The van der Waals surface area contributed by atoms with Crippen LogP contribution < -0.4 is 11.1 Å². The monoisotopic (exact) mass is 315 g/mol. The van der Waals surface area contributed by atoms with Gasteiger partial charge in [0.15, 0.2) is 0 Å². The van der Waals surface area contributed by atoms with Crippen molar-refractivity contribution in [2.24, 2.45) is 5.73 Å². The van der Waals surface area contributed by atoms with Gasteiger partial charge in [-0.05, 0) is 25.5 Å². The van der Waals surface area contributed by atoms with E-state index in [0.29, 0.717) is 10.8 Å². The highest BCUT2D eigenvalue weighted by atomic mass is 35.5. The van der Waals surface area contributed by atoms with Crippen LogP contribution in [0.3, 0.4) is 0 Å². The third kappa shape index (κ3) is 3.03. The zero-order valence-corrected chi connectivity index (χ0v) is 13.0. The third-order valence-electron chi connectivity index (χ3n) is 3.42. The van der Waals surface area contributed by atoms with Crippen molar-refractivity contribution in [3.8, 4) is 0 Å². The standard InChI is InChI=1S/C13H18ClN3O2S/c1-3-8-13(19)16-11(18)6-17(8)12(7(2)15)9-4-5-10(14)20-9/h4-5,7-8,12H,3,6,15H2,1-2H3,(H,16,18,19). The Hall–Kier alpha value is -0.950. The van der Waals surface area contributed by atoms with E-state index < -0.39 is 0 Å². The average molecular weight is 316 g/mol. The molecule has 0 aromatic carbocycles. The summed E-state index contributed by atoms with van der Waals surface area (Å²) >= 11 is 7.42. The van der Waals surface area contributed by atoms with Crippen molar-refractivity contribution in [1.29, 1.82) is 0 Å². The summed E-state index contributed by atoms with van der Waals surface area (Å²) in [6.07, 6.45) is 0.626. The highest BCUT2D eigenvalue weighted by Gasteiger charge is 2.39. The van der Waals surface area contributed by atoms with Crippen molar-refractivity contribution in [1.82, 2.24) is 10.2 Å². The molecule has 0 saturated carbocycles. The van der Waals surface area contributed by atoms with E-state index in [1.54, 1.807) is 0 Å². The molecular weight excluding hydrogens is 298 g/mol. The summed E-state index contributed by atoms with van der Waals surface area (Å²) in [6, 6.07) is 2.98. The predicted octanol–water partition coefficient (Wildman–Crippen LogP) is 1.53. The number of amides is 2. The number of rotatable bonds is 4. The molecule has 2 heterocycles. The summed E-state index contributed by atoms with van der Waals surface area (Å²) in [6.45, 7) is 3.97. The Labute approximate surface area is 127 Å². The lowest BCUT2D eigenvalue weighted by molar-refractivity contribution is -0.142. The van der Waals surface area contributed by atoms with Crippen LogP contribution >= 0.6 is 22.9 Å². The molecule has 7 heteroatoms. The number of carbonyl (C=O) groups excluding carboxylic acids is 2. The number of nitrogens with one attached hydrogen (secondary N) is 1. The van der Waals surface area contributed by atoms with Crippen molar-refractivity contribution < 1.29 is 9.59 Å². The van der Waals surface area contributed by atoms with E-state index in [2.05, 4.69) is 5.32 Å². The highest BCUT2D eigenvalue weighted by Crippen LogP contribution is 2.34. The Morgan fingerprint density at radius 3 is 2.75 bits per heavy atom. The van der Waals surface area contributed by atoms with Crippen LogP contribution in [0.2, 0.25) is 4.34 Å². The van der Waals surface area contributed by atoms with Gasteiger partial charge in [-0.15, -0.1) is 11.3 Å². The molecule has 20 heavy (non-hydrogen) atoms. The van der Waals surface area contributed by atoms with E-state index in [0.717, 1.165) is 4.88 Å². The zero-order chi connectivity index (χ0) is 14.9. The van der Waals surface area contributed by atoms with Crippen molar-refractivity contribution in [2.75, 3.05) is 6.54 Å². The Morgan fingerprint density at radius 1 is 1.55 bits per heavy atom. The fraction of sp³-hybridized carbons (Fsp3) is 0.538. The number of hydrogen-bond acceptors (Lipinski definition) is 5. The molecule has 2 amide bonds. The Bertz CT molecular complexity index is 517. The molecule has 1 fully saturated rings. The summed E-state index contributed by atoms with van der Waals surface area (Å²) < 4.78 is 0.673. The van der Waals surface area contributed by atoms with Crippen molar-refractivity contribution >= 4 is 34.8 Å². The molecule has 1 aromatic heterocycles. The highest BCUT2D eigenvalue weighted by molar-refractivity contribution is 7.16. The maximum atomic E-state index is 12.0. The molecule has 0 aliphatic carbocycles. The van der Waals surface area contributed by atoms with Crippen LogP contribution in [0.4, 0.5) is 0 Å². The minimum Gasteiger partial charge on any atom is -0.326 e. The molecule has 5 nitrogen and oxygen atoms in total. The SMILES string of the molecule is CCC1C(=O)NC(=O)CN1C(c1ccc(Cl)s1)C(C)N. The van der Waals surface area contributed by atoms with Gasteiger partial charge in [0, 0.05) is 10.9 Å². The van der Waals surface area contributed by atoms with E-state index in [4.69, 9.17) is 17.3 Å². The zero-order valence-electron chi connectivity index (χ0n) is 11.4. The summed E-state index contributed by atoms with van der Waals surface area (Å²) in [5.41, 5.74) is 6.10. The third-order valence-corrected chi connectivity index (χ3v) is 4.72. The number of piperazine rings is 1. The predicted molar refractivity (Wildman–Crippen MR) is 79.7 cm³/mol. The first-order valence-corrected chi connectivity index (χ1v) is 7.73. The van der Waals surface area contributed by atoms with Crippen LogP contribution in [0, 0.1) is 0 Å². The molecule has 3 atom stereocenters. The van der Waals surface area contributed by atoms with Gasteiger partial charge in [0.05, 0.1) is 23.0 Å². The van der Waals surface area contributed by atoms with E-state index in [1.807, 2.05) is 30.9 Å². The van der Waals surface area contributed by atoms with Crippen molar-refractivity contribution in [3.63, 3.8) is 0 Å². The van der Waals surface area contributed by atoms with Crippen molar-refractivity contribution in [3.05, 3.63) is 21.3 Å². The summed E-state index contributed by atoms with van der Waals surface area (Å²) in [5, 5.41) is 2.38. The number of thiophene rings is 1. The molecule has 3 N–H and O–H groups in total. The van der Waals surface area contributed by atoms with Gasteiger partial charge in [0.25, 0.3) is 0 Å². The number of imide groups is 1. The first-order valence-electron chi connectivity index (χ1n) is 6.54. The van der Waals surface area contributed by atoms with Gasteiger partial charge in [-0.2, -0.15) is 0 Å². The van der Waals surface area contributed by atoms with Gasteiger partial charge in [-0.3, -0.25) is 19.8 Å². The average Bonchev–Trinajstić information content (AvgIpc) is 2.75. The first-order chi connectivity index (χ1) is 9.43. The second kappa shape index (κ2) is 6.22. The molecule has 0 radical (unpaired) electrons. The van der Waals surface area contributed by atoms with Gasteiger partial charge in [-0.25, -0.2) is 0 Å². The molecule has 0 bridgehead atoms. The Kier molecular flexibility index (Phi) is 4.80. The molecule has 1 aromatic rings. The Balaban J connectivity index is 2.36. The van der Waals surface area contributed by atoms with Gasteiger partial charge >= 0.3 is 0 Å². The molecule has 2 rings (SSSR count). The lowest BCUT2D eigenvalue weighted by Gasteiger charge is -2.40. The fourth-order valence-corrected chi connectivity index (χ4v) is 3.91. The minimum absolute atomic E-state index is 0.173. The number of hydrogen-bond donors (Lipinski definition) is 2. The van der Waals surface area contributed by atoms with E-state index in [9.17, 15) is 9.59 Å². The molecule has 3 unspecified atom stereocenters. The van der Waals surface area contributed by atoms with Crippen LogP contribution in [-0.4, -0.2) is 35.3 Å². The minimum atomic E-state index is -0.343. The van der Waals surface area contributed by atoms with E-state index in [-0.39, 0.29) is 36.5 Å². The number of nitrogens with two attached hydrogens (primary N) is 1. The fourth-order valence-electron chi connectivity index (χ4n) is 2.61. The largest absolute Gasteiger partial charge is 0.326 e. The van der Waals surface area contributed by atoms with Crippen LogP contribution in [0.15, 0.2) is 12.1 Å². The second-order valence-electron chi connectivity index (χ2n) is 4.95. The smallest absolute Gasteiger partial charge is 0.243 e. The maximum absolute atomic E-state index is 12.0. The molecule has 1 saturated heterocycles.